The van der Waals surface area contributed by atoms with Crippen LogP contribution in [0.15, 0.2) is 18.2 Å². The fraction of sp³-hybridized carbons (Fsp3) is 0.400. The molecule has 0 aromatic heterocycles. The van der Waals surface area contributed by atoms with Crippen molar-refractivity contribution in [2.24, 2.45) is 5.92 Å². The molecule has 0 radical (unpaired) electrons. The van der Waals surface area contributed by atoms with Crippen LogP contribution in [0.3, 0.4) is 0 Å². The van der Waals surface area contributed by atoms with E-state index in [4.69, 9.17) is 16.7 Å². The summed E-state index contributed by atoms with van der Waals surface area (Å²) >= 11 is 5.66. The summed E-state index contributed by atoms with van der Waals surface area (Å²) in [5.74, 6) is -3.27. The monoisotopic (exact) mass is 342 g/mol. The van der Waals surface area contributed by atoms with Crippen LogP contribution in [0.1, 0.15) is 18.0 Å². The number of rotatable bonds is 4. The van der Waals surface area contributed by atoms with Crippen molar-refractivity contribution >= 4 is 29.4 Å². The molecule has 1 aromatic carbocycles. The van der Waals surface area contributed by atoms with Crippen LogP contribution in [-0.2, 0) is 14.4 Å². The molecule has 1 aromatic rings. The minimum Gasteiger partial charge on any atom is -0.480 e. The first-order valence-electron chi connectivity index (χ1n) is 6.89. The second kappa shape index (κ2) is 6.54. The Morgan fingerprint density at radius 2 is 2.13 bits per heavy atom. The molecule has 1 fully saturated rings. The molecule has 0 saturated carbocycles. The molecule has 8 heteroatoms. The van der Waals surface area contributed by atoms with E-state index in [0.717, 1.165) is 4.90 Å². The van der Waals surface area contributed by atoms with Gasteiger partial charge in [0, 0.05) is 20.5 Å². The Bertz CT molecular complexity index is 667. The molecule has 1 aliphatic rings. The highest BCUT2D eigenvalue weighted by atomic mass is 35.5. The average Bonchev–Trinajstić information content (AvgIpc) is 2.76. The number of likely N-dealkylation sites (tertiary alicyclic amines) is 1. The molecule has 2 atom stereocenters. The standard InChI is InChI=1S/C15H16ClFN2O4/c1-18(7-13(21)22)15(23)9-6-12(20)19(2)14(9)8-3-4-10(16)11(17)5-8/h3-5,9,14H,6-7H2,1-2H3,(H,21,22). The lowest BCUT2D eigenvalue weighted by molar-refractivity contribution is -0.145. The summed E-state index contributed by atoms with van der Waals surface area (Å²) in [6.45, 7) is -0.463. The maximum absolute atomic E-state index is 13.7. The smallest absolute Gasteiger partial charge is 0.323 e. The molecule has 0 aliphatic carbocycles. The van der Waals surface area contributed by atoms with Crippen molar-refractivity contribution < 1.29 is 23.9 Å². The van der Waals surface area contributed by atoms with Gasteiger partial charge in [0.15, 0.2) is 0 Å². The van der Waals surface area contributed by atoms with Gasteiger partial charge in [0.1, 0.15) is 12.4 Å². The van der Waals surface area contributed by atoms with Crippen LogP contribution < -0.4 is 0 Å². The van der Waals surface area contributed by atoms with Crippen LogP contribution in [-0.4, -0.2) is 53.3 Å². The Kier molecular flexibility index (Phi) is 4.89. The number of benzene rings is 1. The van der Waals surface area contributed by atoms with E-state index in [-0.39, 0.29) is 17.4 Å². The highest BCUT2D eigenvalue weighted by molar-refractivity contribution is 6.30. The molecule has 1 N–H and O–H groups in total. The molecule has 2 rings (SSSR count). The summed E-state index contributed by atoms with van der Waals surface area (Å²) in [5, 5.41) is 8.74. The van der Waals surface area contributed by atoms with Crippen molar-refractivity contribution in [2.75, 3.05) is 20.6 Å². The Labute approximate surface area is 137 Å². The average molecular weight is 343 g/mol. The number of hydrogen-bond acceptors (Lipinski definition) is 3. The van der Waals surface area contributed by atoms with Crippen molar-refractivity contribution in [3.63, 3.8) is 0 Å². The summed E-state index contributed by atoms with van der Waals surface area (Å²) in [6, 6.07) is 3.46. The number of aliphatic carboxylic acids is 1. The molecular weight excluding hydrogens is 327 g/mol. The van der Waals surface area contributed by atoms with E-state index in [1.165, 1.54) is 31.1 Å². The quantitative estimate of drug-likeness (QED) is 0.900. The van der Waals surface area contributed by atoms with Gasteiger partial charge < -0.3 is 14.9 Å². The van der Waals surface area contributed by atoms with Crippen molar-refractivity contribution in [2.45, 2.75) is 12.5 Å². The largest absolute Gasteiger partial charge is 0.480 e. The van der Waals surface area contributed by atoms with Crippen molar-refractivity contribution in [3.05, 3.63) is 34.6 Å². The molecule has 1 aliphatic heterocycles. The van der Waals surface area contributed by atoms with E-state index in [1.54, 1.807) is 6.07 Å². The Morgan fingerprint density at radius 1 is 1.48 bits per heavy atom. The third-order valence-electron chi connectivity index (χ3n) is 3.94. The number of amides is 2. The second-order valence-electron chi connectivity index (χ2n) is 5.52. The maximum Gasteiger partial charge on any atom is 0.323 e. The first-order chi connectivity index (χ1) is 10.7. The zero-order chi connectivity index (χ0) is 17.3. The van der Waals surface area contributed by atoms with E-state index in [2.05, 4.69) is 0 Å². The number of carboxylic acid groups (broad SMARTS) is 1. The molecule has 0 spiro atoms. The highest BCUT2D eigenvalue weighted by Gasteiger charge is 2.44. The summed E-state index contributed by atoms with van der Waals surface area (Å²) in [4.78, 5) is 37.6. The molecular formula is C15H16ClFN2O4. The first-order valence-corrected chi connectivity index (χ1v) is 7.27. The second-order valence-corrected chi connectivity index (χ2v) is 5.93. The van der Waals surface area contributed by atoms with Crippen LogP contribution in [0, 0.1) is 11.7 Å². The Morgan fingerprint density at radius 3 is 2.70 bits per heavy atom. The maximum atomic E-state index is 13.7. The van der Waals surface area contributed by atoms with E-state index in [1.807, 2.05) is 0 Å². The van der Waals surface area contributed by atoms with Gasteiger partial charge in [0.25, 0.3) is 0 Å². The van der Waals surface area contributed by atoms with Gasteiger partial charge in [-0.05, 0) is 17.7 Å². The van der Waals surface area contributed by atoms with Crippen LogP contribution >= 0.6 is 11.6 Å². The molecule has 2 unspecified atom stereocenters. The lowest BCUT2D eigenvalue weighted by Gasteiger charge is -2.27. The number of carbonyl (C=O) groups excluding carboxylic acids is 2. The van der Waals surface area contributed by atoms with Crippen LogP contribution in [0.4, 0.5) is 4.39 Å². The van der Waals surface area contributed by atoms with E-state index < -0.39 is 36.2 Å². The summed E-state index contributed by atoms with van der Waals surface area (Å²) < 4.78 is 13.7. The number of carbonyl (C=O) groups is 3. The van der Waals surface area contributed by atoms with Gasteiger partial charge in [-0.1, -0.05) is 17.7 Å². The lowest BCUT2D eigenvalue weighted by Crippen LogP contribution is -2.38. The van der Waals surface area contributed by atoms with Gasteiger partial charge in [-0.25, -0.2) is 4.39 Å². The van der Waals surface area contributed by atoms with Crippen LogP contribution in [0.2, 0.25) is 5.02 Å². The number of hydrogen-bond donors (Lipinski definition) is 1. The van der Waals surface area contributed by atoms with E-state index in [0.29, 0.717) is 5.56 Å². The topological polar surface area (TPSA) is 77.9 Å². The molecule has 0 bridgehead atoms. The molecule has 124 valence electrons. The minimum atomic E-state index is -1.15. The van der Waals surface area contributed by atoms with Crippen molar-refractivity contribution in [3.8, 4) is 0 Å². The van der Waals surface area contributed by atoms with Crippen molar-refractivity contribution in [1.82, 2.24) is 9.80 Å². The minimum absolute atomic E-state index is 0.0474. The summed E-state index contributed by atoms with van der Waals surface area (Å²) in [5.41, 5.74) is 0.447. The number of halogens is 2. The first kappa shape index (κ1) is 17.2. The summed E-state index contributed by atoms with van der Waals surface area (Å²) in [7, 11) is 2.89. The van der Waals surface area contributed by atoms with Crippen molar-refractivity contribution in [1.29, 1.82) is 0 Å². The third-order valence-corrected chi connectivity index (χ3v) is 4.24. The fourth-order valence-corrected chi connectivity index (χ4v) is 2.92. The SMILES string of the molecule is CN(CC(=O)O)C(=O)C1CC(=O)N(C)C1c1ccc(Cl)c(F)c1. The van der Waals surface area contributed by atoms with E-state index in [9.17, 15) is 18.8 Å². The predicted molar refractivity (Wildman–Crippen MR) is 80.3 cm³/mol. The van der Waals surface area contributed by atoms with Gasteiger partial charge >= 0.3 is 5.97 Å². The number of carboxylic acids is 1. The van der Waals surface area contributed by atoms with Gasteiger partial charge in [-0.3, -0.25) is 14.4 Å². The zero-order valence-corrected chi connectivity index (χ0v) is 13.4. The van der Waals surface area contributed by atoms with Gasteiger partial charge in [0.05, 0.1) is 17.0 Å². The van der Waals surface area contributed by atoms with Crippen LogP contribution in [0.25, 0.3) is 0 Å². The number of nitrogens with zero attached hydrogens (tertiary/aromatic N) is 2. The Balaban J connectivity index is 2.33. The molecule has 23 heavy (non-hydrogen) atoms. The molecule has 6 nitrogen and oxygen atoms in total. The molecule has 1 heterocycles. The lowest BCUT2D eigenvalue weighted by atomic mass is 9.92. The third kappa shape index (κ3) is 3.44. The fourth-order valence-electron chi connectivity index (χ4n) is 2.81. The highest BCUT2D eigenvalue weighted by Crippen LogP contribution is 2.38. The van der Waals surface area contributed by atoms with Gasteiger partial charge in [-0.15, -0.1) is 0 Å². The van der Waals surface area contributed by atoms with E-state index >= 15 is 0 Å². The molecule has 1 saturated heterocycles. The van der Waals surface area contributed by atoms with Crippen LogP contribution in [0.5, 0.6) is 0 Å². The normalized spacial score (nSPS) is 20.7. The Hall–Kier alpha value is -2.15. The molecule has 2 amide bonds. The summed E-state index contributed by atoms with van der Waals surface area (Å²) in [6.07, 6.45) is -0.0474. The van der Waals surface area contributed by atoms with Gasteiger partial charge in [0.2, 0.25) is 11.8 Å². The zero-order valence-electron chi connectivity index (χ0n) is 12.6. The van der Waals surface area contributed by atoms with Gasteiger partial charge in [-0.2, -0.15) is 0 Å². The number of likely N-dealkylation sites (N-methyl/N-ethyl adjacent to an activating group) is 1. The predicted octanol–water partition coefficient (Wildman–Crippen LogP) is 1.54.